The number of fused-ring (bicyclic) bond motifs is 3. The van der Waals surface area contributed by atoms with Crippen LogP contribution in [0.25, 0.3) is 10.2 Å². The van der Waals surface area contributed by atoms with Crippen LogP contribution in [0, 0.1) is 6.92 Å². The van der Waals surface area contributed by atoms with Crippen molar-refractivity contribution in [2.75, 3.05) is 11.1 Å². The molecule has 2 heterocycles. The molecule has 4 rings (SSSR count). The Morgan fingerprint density at radius 2 is 2.11 bits per heavy atom. The van der Waals surface area contributed by atoms with Crippen LogP contribution in [0.2, 0.25) is 10.0 Å². The van der Waals surface area contributed by atoms with Gasteiger partial charge in [-0.2, -0.15) is 0 Å². The van der Waals surface area contributed by atoms with Crippen LogP contribution in [0.4, 0.5) is 5.69 Å². The van der Waals surface area contributed by atoms with E-state index in [4.69, 9.17) is 23.2 Å². The van der Waals surface area contributed by atoms with Crippen molar-refractivity contribution in [2.45, 2.75) is 37.8 Å². The fourth-order valence-electron chi connectivity index (χ4n) is 3.29. The summed E-state index contributed by atoms with van der Waals surface area (Å²) in [6.45, 7) is 1.84. The zero-order valence-electron chi connectivity index (χ0n) is 15.0. The predicted molar refractivity (Wildman–Crippen MR) is 117 cm³/mol. The summed E-state index contributed by atoms with van der Waals surface area (Å²) >= 11 is 15.1. The molecule has 0 spiro atoms. The van der Waals surface area contributed by atoms with Crippen molar-refractivity contribution in [3.63, 3.8) is 0 Å². The highest BCUT2D eigenvalue weighted by molar-refractivity contribution is 7.99. The largest absolute Gasteiger partial charge is 0.323 e. The number of thiophene rings is 1. The Morgan fingerprint density at radius 1 is 1.32 bits per heavy atom. The number of carbonyl (C=O) groups is 1. The molecule has 1 aromatic carbocycles. The lowest BCUT2D eigenvalue weighted by molar-refractivity contribution is -0.113. The lowest BCUT2D eigenvalue weighted by Gasteiger charge is -2.11. The molecule has 9 heteroatoms. The van der Waals surface area contributed by atoms with E-state index in [9.17, 15) is 9.59 Å². The zero-order valence-corrected chi connectivity index (χ0v) is 18.2. The minimum atomic E-state index is -0.271. The lowest BCUT2D eigenvalue weighted by atomic mass is 9.97. The molecule has 2 aromatic heterocycles. The Balaban J connectivity index is 1.51. The Labute approximate surface area is 179 Å². The topological polar surface area (TPSA) is 74.8 Å². The fourth-order valence-corrected chi connectivity index (χ4v) is 5.74. The molecule has 0 saturated heterocycles. The molecule has 3 aromatic rings. The second kappa shape index (κ2) is 8.06. The van der Waals surface area contributed by atoms with Crippen LogP contribution < -0.4 is 10.9 Å². The SMILES string of the molecule is Cc1ccc(Cl)c(NC(=O)CSc2nc3sc4c(c3c(=O)[nH]2)CCCC4)c1Cl. The molecule has 2 N–H and O–H groups in total. The first-order chi connectivity index (χ1) is 13.4. The highest BCUT2D eigenvalue weighted by Gasteiger charge is 2.20. The maximum absolute atomic E-state index is 12.6. The number of aromatic nitrogens is 2. The first kappa shape index (κ1) is 19.8. The van der Waals surface area contributed by atoms with Crippen molar-refractivity contribution in [2.24, 2.45) is 0 Å². The number of aryl methyl sites for hydroxylation is 3. The molecule has 146 valence electrons. The summed E-state index contributed by atoms with van der Waals surface area (Å²) in [4.78, 5) is 34.3. The Kier molecular flexibility index (Phi) is 5.69. The summed E-state index contributed by atoms with van der Waals surface area (Å²) in [5.41, 5.74) is 2.25. The van der Waals surface area contributed by atoms with Gasteiger partial charge in [-0.15, -0.1) is 11.3 Å². The highest BCUT2D eigenvalue weighted by Crippen LogP contribution is 2.35. The normalized spacial score (nSPS) is 13.5. The molecular weight excluding hydrogens is 437 g/mol. The first-order valence-electron chi connectivity index (χ1n) is 8.86. The maximum atomic E-state index is 12.6. The quantitative estimate of drug-likeness (QED) is 0.419. The molecule has 0 aliphatic heterocycles. The van der Waals surface area contributed by atoms with E-state index in [0.717, 1.165) is 41.6 Å². The van der Waals surface area contributed by atoms with Gasteiger partial charge in [-0.3, -0.25) is 9.59 Å². The number of carbonyl (C=O) groups excluding carboxylic acids is 1. The van der Waals surface area contributed by atoms with Crippen molar-refractivity contribution in [3.05, 3.63) is 48.5 Å². The van der Waals surface area contributed by atoms with Gasteiger partial charge in [0.05, 0.1) is 26.9 Å². The molecule has 0 radical (unpaired) electrons. The van der Waals surface area contributed by atoms with E-state index < -0.39 is 0 Å². The van der Waals surface area contributed by atoms with E-state index in [1.54, 1.807) is 23.5 Å². The predicted octanol–water partition coefficient (Wildman–Crippen LogP) is 5.21. The molecule has 0 saturated carbocycles. The number of nitrogens with one attached hydrogen (secondary N) is 2. The third-order valence-corrected chi connectivity index (χ3v) is 7.55. The van der Waals surface area contributed by atoms with Crippen LogP contribution in [0.15, 0.2) is 22.1 Å². The summed E-state index contributed by atoms with van der Waals surface area (Å²) in [5, 5.41) is 4.69. The maximum Gasteiger partial charge on any atom is 0.260 e. The van der Waals surface area contributed by atoms with Gasteiger partial charge in [0.25, 0.3) is 5.56 Å². The molecular formula is C19H17Cl2N3O2S2. The molecule has 0 bridgehead atoms. The van der Waals surface area contributed by atoms with Gasteiger partial charge < -0.3 is 10.3 Å². The average Bonchev–Trinajstić information content (AvgIpc) is 3.05. The number of H-pyrrole nitrogens is 1. The van der Waals surface area contributed by atoms with E-state index in [1.165, 1.54) is 16.6 Å². The van der Waals surface area contributed by atoms with E-state index in [0.29, 0.717) is 26.3 Å². The minimum Gasteiger partial charge on any atom is -0.323 e. The van der Waals surface area contributed by atoms with Crippen LogP contribution in [0.5, 0.6) is 0 Å². The van der Waals surface area contributed by atoms with Crippen molar-refractivity contribution >= 4 is 68.1 Å². The van der Waals surface area contributed by atoms with E-state index in [2.05, 4.69) is 15.3 Å². The van der Waals surface area contributed by atoms with E-state index >= 15 is 0 Å². The van der Waals surface area contributed by atoms with E-state index in [1.807, 2.05) is 6.92 Å². The van der Waals surface area contributed by atoms with Crippen molar-refractivity contribution < 1.29 is 4.79 Å². The summed E-state index contributed by atoms with van der Waals surface area (Å²) in [6.07, 6.45) is 4.22. The third kappa shape index (κ3) is 3.81. The molecule has 1 amide bonds. The van der Waals surface area contributed by atoms with Crippen LogP contribution in [-0.4, -0.2) is 21.6 Å². The number of anilines is 1. The summed E-state index contributed by atoms with van der Waals surface area (Å²) < 4.78 is 0. The summed E-state index contributed by atoms with van der Waals surface area (Å²) in [7, 11) is 0. The summed E-state index contributed by atoms with van der Waals surface area (Å²) in [6, 6.07) is 3.48. The number of amides is 1. The molecule has 28 heavy (non-hydrogen) atoms. The number of nitrogens with zero attached hydrogens (tertiary/aromatic N) is 1. The number of aromatic amines is 1. The van der Waals surface area contributed by atoms with Crippen LogP contribution in [-0.2, 0) is 17.6 Å². The van der Waals surface area contributed by atoms with Gasteiger partial charge in [-0.05, 0) is 49.8 Å². The number of benzene rings is 1. The number of rotatable bonds is 4. The molecule has 1 aliphatic carbocycles. The fraction of sp³-hybridized carbons (Fsp3) is 0.316. The van der Waals surface area contributed by atoms with Gasteiger partial charge in [-0.25, -0.2) is 4.98 Å². The van der Waals surface area contributed by atoms with Crippen LogP contribution in [0.3, 0.4) is 0 Å². The molecule has 0 atom stereocenters. The Hall–Kier alpha value is -1.54. The number of hydrogen-bond acceptors (Lipinski definition) is 5. The molecule has 5 nitrogen and oxygen atoms in total. The molecule has 0 unspecified atom stereocenters. The Morgan fingerprint density at radius 3 is 2.93 bits per heavy atom. The second-order valence-electron chi connectivity index (χ2n) is 6.65. The lowest BCUT2D eigenvalue weighted by Crippen LogP contribution is -2.16. The number of thioether (sulfide) groups is 1. The number of hydrogen-bond donors (Lipinski definition) is 2. The van der Waals surface area contributed by atoms with Gasteiger partial charge in [-0.1, -0.05) is 41.0 Å². The smallest absolute Gasteiger partial charge is 0.260 e. The van der Waals surface area contributed by atoms with Crippen molar-refractivity contribution in [1.29, 1.82) is 0 Å². The van der Waals surface area contributed by atoms with E-state index in [-0.39, 0.29) is 17.2 Å². The molecule has 0 fully saturated rings. The van der Waals surface area contributed by atoms with Gasteiger partial charge in [0.1, 0.15) is 4.83 Å². The second-order valence-corrected chi connectivity index (χ2v) is 9.49. The monoisotopic (exact) mass is 453 g/mol. The standard InChI is InChI=1S/C19H17Cl2N3O2S2/c1-9-6-7-11(20)16(15(9)21)22-13(25)8-27-19-23-17(26)14-10-4-2-3-5-12(10)28-18(14)24-19/h6-7H,2-5,8H2,1H3,(H,22,25)(H,23,24,26). The number of halogens is 2. The van der Waals surface area contributed by atoms with Crippen molar-refractivity contribution in [3.8, 4) is 0 Å². The van der Waals surface area contributed by atoms with Crippen molar-refractivity contribution in [1.82, 2.24) is 9.97 Å². The average molecular weight is 454 g/mol. The first-order valence-corrected chi connectivity index (χ1v) is 11.4. The minimum absolute atomic E-state index is 0.0835. The molecule has 1 aliphatic rings. The van der Waals surface area contributed by atoms with Gasteiger partial charge in [0.2, 0.25) is 5.91 Å². The van der Waals surface area contributed by atoms with Crippen LogP contribution in [0.1, 0.15) is 28.8 Å². The highest BCUT2D eigenvalue weighted by atomic mass is 35.5. The Bertz CT molecular complexity index is 1140. The third-order valence-electron chi connectivity index (χ3n) is 4.69. The zero-order chi connectivity index (χ0) is 19.8. The van der Waals surface area contributed by atoms with Gasteiger partial charge in [0, 0.05) is 4.88 Å². The van der Waals surface area contributed by atoms with Gasteiger partial charge in [0.15, 0.2) is 5.16 Å². The van der Waals surface area contributed by atoms with Crippen LogP contribution >= 0.6 is 46.3 Å². The van der Waals surface area contributed by atoms with Gasteiger partial charge >= 0.3 is 0 Å². The summed E-state index contributed by atoms with van der Waals surface area (Å²) in [5.74, 6) is -0.187.